The molecule has 1 aliphatic heterocycles. The van der Waals surface area contributed by atoms with Gasteiger partial charge in [0, 0.05) is 32.6 Å². The first-order valence-electron chi connectivity index (χ1n) is 5.35. The van der Waals surface area contributed by atoms with Crippen LogP contribution in [0.2, 0.25) is 0 Å². The second-order valence-electron chi connectivity index (χ2n) is 3.90. The highest BCUT2D eigenvalue weighted by Crippen LogP contribution is 2.08. The fourth-order valence-corrected chi connectivity index (χ4v) is 1.80. The Bertz CT molecular complexity index is 178. The molecule has 0 saturated carbocycles. The minimum absolute atomic E-state index is 0.126. The molecular weight excluding hydrogens is 178 g/mol. The van der Waals surface area contributed by atoms with Crippen molar-refractivity contribution in [3.05, 3.63) is 0 Å². The van der Waals surface area contributed by atoms with Crippen molar-refractivity contribution in [2.45, 2.75) is 25.3 Å². The zero-order valence-electron chi connectivity index (χ0n) is 9.18. The first-order valence-corrected chi connectivity index (χ1v) is 5.35. The molecule has 4 heteroatoms. The zero-order valence-corrected chi connectivity index (χ0v) is 9.18. The number of amides is 1. The highest BCUT2D eigenvalue weighted by molar-refractivity contribution is 5.75. The van der Waals surface area contributed by atoms with E-state index in [9.17, 15) is 4.79 Å². The van der Waals surface area contributed by atoms with E-state index in [1.807, 2.05) is 0 Å². The maximum Gasteiger partial charge on any atom is 0.221 e. The number of rotatable bonds is 4. The molecule has 2 N–H and O–H groups in total. The molecular formula is C10H21N3O. The van der Waals surface area contributed by atoms with Gasteiger partial charge in [0.2, 0.25) is 5.91 Å². The van der Waals surface area contributed by atoms with Gasteiger partial charge in [0.15, 0.2) is 0 Å². The third kappa shape index (κ3) is 3.64. The minimum atomic E-state index is 0.126. The number of nitrogens with zero attached hydrogens (tertiary/aromatic N) is 1. The molecule has 14 heavy (non-hydrogen) atoms. The summed E-state index contributed by atoms with van der Waals surface area (Å²) in [7, 11) is 3.78. The lowest BCUT2D eigenvalue weighted by molar-refractivity contribution is -0.121. The quantitative estimate of drug-likeness (QED) is 0.659. The Morgan fingerprint density at radius 2 is 2.43 bits per heavy atom. The lowest BCUT2D eigenvalue weighted by atomic mass is 10.1. The molecule has 1 unspecified atom stereocenters. The van der Waals surface area contributed by atoms with E-state index in [4.69, 9.17) is 0 Å². The summed E-state index contributed by atoms with van der Waals surface area (Å²) >= 11 is 0. The molecule has 1 rings (SSSR count). The van der Waals surface area contributed by atoms with Crippen LogP contribution in [0.15, 0.2) is 0 Å². The maximum absolute atomic E-state index is 11.0. The van der Waals surface area contributed by atoms with Crippen LogP contribution in [0.1, 0.15) is 19.3 Å². The lowest BCUT2D eigenvalue weighted by Crippen LogP contribution is -2.45. The predicted molar refractivity (Wildman–Crippen MR) is 57.2 cm³/mol. The van der Waals surface area contributed by atoms with Crippen LogP contribution in [0.25, 0.3) is 0 Å². The van der Waals surface area contributed by atoms with Gasteiger partial charge in [-0.25, -0.2) is 0 Å². The number of likely N-dealkylation sites (N-methyl/N-ethyl adjacent to an activating group) is 1. The molecule has 1 amide bonds. The molecule has 82 valence electrons. The van der Waals surface area contributed by atoms with Gasteiger partial charge in [-0.1, -0.05) is 0 Å². The minimum Gasteiger partial charge on any atom is -0.359 e. The molecule has 1 atom stereocenters. The number of hydrogen-bond donors (Lipinski definition) is 2. The van der Waals surface area contributed by atoms with E-state index in [1.165, 1.54) is 12.8 Å². The molecule has 0 aliphatic carbocycles. The van der Waals surface area contributed by atoms with E-state index in [0.717, 1.165) is 19.6 Å². The molecule has 1 fully saturated rings. The predicted octanol–water partition coefficient (Wildman–Crippen LogP) is -0.194. The van der Waals surface area contributed by atoms with Gasteiger partial charge in [-0.2, -0.15) is 0 Å². The Labute approximate surface area is 86.0 Å². The van der Waals surface area contributed by atoms with Gasteiger partial charge < -0.3 is 15.5 Å². The number of carbonyl (C=O) groups excluding carboxylic acids is 1. The Hall–Kier alpha value is -0.610. The fourth-order valence-electron chi connectivity index (χ4n) is 1.80. The molecule has 0 aromatic heterocycles. The molecule has 0 aromatic rings. The first kappa shape index (κ1) is 11.5. The van der Waals surface area contributed by atoms with Crippen molar-refractivity contribution in [1.82, 2.24) is 15.5 Å². The number of hydrogen-bond acceptors (Lipinski definition) is 3. The summed E-state index contributed by atoms with van der Waals surface area (Å²) in [5.41, 5.74) is 0. The topological polar surface area (TPSA) is 44.4 Å². The molecule has 0 spiro atoms. The summed E-state index contributed by atoms with van der Waals surface area (Å²) in [5.74, 6) is 0.126. The van der Waals surface area contributed by atoms with E-state index in [0.29, 0.717) is 12.5 Å². The standard InChI is InChI=1S/C10H21N3O/c1-11-10(14)5-7-13(2)9-4-3-6-12-8-9/h9,12H,3-8H2,1-2H3,(H,11,14). The molecule has 1 aliphatic rings. The Balaban J connectivity index is 2.19. The van der Waals surface area contributed by atoms with Gasteiger partial charge in [0.1, 0.15) is 0 Å². The Kier molecular flexibility index (Phi) is 4.90. The van der Waals surface area contributed by atoms with Crippen molar-refractivity contribution in [1.29, 1.82) is 0 Å². The SMILES string of the molecule is CNC(=O)CCN(C)C1CCCNC1. The van der Waals surface area contributed by atoms with Gasteiger partial charge in [-0.05, 0) is 26.4 Å². The Morgan fingerprint density at radius 3 is 3.00 bits per heavy atom. The van der Waals surface area contributed by atoms with Crippen molar-refractivity contribution in [3.8, 4) is 0 Å². The summed E-state index contributed by atoms with van der Waals surface area (Å²) in [6.07, 6.45) is 3.09. The van der Waals surface area contributed by atoms with Crippen molar-refractivity contribution < 1.29 is 4.79 Å². The van der Waals surface area contributed by atoms with Crippen molar-refractivity contribution in [2.24, 2.45) is 0 Å². The van der Waals surface area contributed by atoms with Crippen LogP contribution in [-0.2, 0) is 4.79 Å². The van der Waals surface area contributed by atoms with Crippen LogP contribution < -0.4 is 10.6 Å². The maximum atomic E-state index is 11.0. The lowest BCUT2D eigenvalue weighted by Gasteiger charge is -2.31. The second kappa shape index (κ2) is 5.98. The molecule has 0 aromatic carbocycles. The van der Waals surface area contributed by atoms with Crippen molar-refractivity contribution in [3.63, 3.8) is 0 Å². The number of carbonyl (C=O) groups is 1. The van der Waals surface area contributed by atoms with E-state index < -0.39 is 0 Å². The van der Waals surface area contributed by atoms with Crippen LogP contribution in [-0.4, -0.2) is 50.6 Å². The summed E-state index contributed by atoms with van der Waals surface area (Å²) < 4.78 is 0. The normalized spacial score (nSPS) is 22.4. The zero-order chi connectivity index (χ0) is 10.4. The van der Waals surface area contributed by atoms with E-state index in [2.05, 4.69) is 22.6 Å². The summed E-state index contributed by atoms with van der Waals surface area (Å²) in [4.78, 5) is 13.3. The average Bonchev–Trinajstić information content (AvgIpc) is 2.26. The third-order valence-corrected chi connectivity index (χ3v) is 2.86. The van der Waals surface area contributed by atoms with Gasteiger partial charge in [-0.3, -0.25) is 4.79 Å². The summed E-state index contributed by atoms with van der Waals surface area (Å²) in [5, 5.41) is 6.02. The molecule has 1 saturated heterocycles. The highest BCUT2D eigenvalue weighted by Gasteiger charge is 2.17. The largest absolute Gasteiger partial charge is 0.359 e. The van der Waals surface area contributed by atoms with Gasteiger partial charge in [-0.15, -0.1) is 0 Å². The van der Waals surface area contributed by atoms with Crippen LogP contribution in [0.5, 0.6) is 0 Å². The number of piperidine rings is 1. The fraction of sp³-hybridized carbons (Fsp3) is 0.900. The van der Waals surface area contributed by atoms with Crippen LogP contribution in [0.4, 0.5) is 0 Å². The molecule has 0 radical (unpaired) electrons. The number of nitrogens with one attached hydrogen (secondary N) is 2. The highest BCUT2D eigenvalue weighted by atomic mass is 16.1. The summed E-state index contributed by atoms with van der Waals surface area (Å²) in [6.45, 7) is 3.05. The smallest absolute Gasteiger partial charge is 0.221 e. The Morgan fingerprint density at radius 1 is 1.64 bits per heavy atom. The van der Waals surface area contributed by atoms with Crippen molar-refractivity contribution >= 4 is 5.91 Å². The monoisotopic (exact) mass is 199 g/mol. The van der Waals surface area contributed by atoms with Gasteiger partial charge in [0.05, 0.1) is 0 Å². The van der Waals surface area contributed by atoms with Crippen molar-refractivity contribution in [2.75, 3.05) is 33.7 Å². The third-order valence-electron chi connectivity index (χ3n) is 2.86. The van der Waals surface area contributed by atoms with E-state index >= 15 is 0 Å². The molecule has 4 nitrogen and oxygen atoms in total. The average molecular weight is 199 g/mol. The van der Waals surface area contributed by atoms with E-state index in [1.54, 1.807) is 7.05 Å². The van der Waals surface area contributed by atoms with E-state index in [-0.39, 0.29) is 5.91 Å². The summed E-state index contributed by atoms with van der Waals surface area (Å²) in [6, 6.07) is 0.605. The molecule has 1 heterocycles. The first-order chi connectivity index (χ1) is 6.74. The van der Waals surface area contributed by atoms with Gasteiger partial charge >= 0.3 is 0 Å². The second-order valence-corrected chi connectivity index (χ2v) is 3.90. The van der Waals surface area contributed by atoms with Crippen LogP contribution >= 0.6 is 0 Å². The van der Waals surface area contributed by atoms with Gasteiger partial charge in [0.25, 0.3) is 0 Å². The molecule has 0 bridgehead atoms. The van der Waals surface area contributed by atoms with Crippen LogP contribution in [0, 0.1) is 0 Å². The van der Waals surface area contributed by atoms with Crippen LogP contribution in [0.3, 0.4) is 0 Å².